The standard InChI is InChI=1S/C16H20ClN3O2/c1-16(2,11-22-14-5-3-13(17)4-6-14)19-15(21)7-9-20-10-8-18-12-20/h3-6,8,10,12H,7,9,11H2,1-2H3,(H,19,21). The van der Waals surface area contributed by atoms with Gasteiger partial charge in [0.05, 0.1) is 11.9 Å². The summed E-state index contributed by atoms with van der Waals surface area (Å²) in [6.07, 6.45) is 5.63. The van der Waals surface area contributed by atoms with Gasteiger partial charge in [0, 0.05) is 30.4 Å². The van der Waals surface area contributed by atoms with Crippen LogP contribution in [-0.2, 0) is 11.3 Å². The molecule has 0 unspecified atom stereocenters. The summed E-state index contributed by atoms with van der Waals surface area (Å²) in [6.45, 7) is 4.85. The molecular formula is C16H20ClN3O2. The fourth-order valence-corrected chi connectivity index (χ4v) is 2.05. The van der Waals surface area contributed by atoms with Crippen molar-refractivity contribution < 1.29 is 9.53 Å². The smallest absolute Gasteiger partial charge is 0.222 e. The van der Waals surface area contributed by atoms with Crippen molar-refractivity contribution in [1.82, 2.24) is 14.9 Å². The summed E-state index contributed by atoms with van der Waals surface area (Å²) in [7, 11) is 0. The first-order valence-electron chi connectivity index (χ1n) is 7.10. The number of rotatable bonds is 7. The molecule has 1 heterocycles. The van der Waals surface area contributed by atoms with E-state index in [1.54, 1.807) is 36.8 Å². The molecule has 22 heavy (non-hydrogen) atoms. The maximum Gasteiger partial charge on any atom is 0.222 e. The Labute approximate surface area is 135 Å². The van der Waals surface area contributed by atoms with Gasteiger partial charge in [-0.05, 0) is 38.1 Å². The van der Waals surface area contributed by atoms with Crippen LogP contribution in [0, 0.1) is 0 Å². The largest absolute Gasteiger partial charge is 0.491 e. The van der Waals surface area contributed by atoms with Crippen LogP contribution in [0.5, 0.6) is 5.75 Å². The quantitative estimate of drug-likeness (QED) is 0.853. The Morgan fingerprint density at radius 1 is 1.36 bits per heavy atom. The lowest BCUT2D eigenvalue weighted by Crippen LogP contribution is -2.48. The maximum absolute atomic E-state index is 12.0. The second-order valence-electron chi connectivity index (χ2n) is 5.73. The molecule has 1 amide bonds. The number of carbonyl (C=O) groups is 1. The van der Waals surface area contributed by atoms with Gasteiger partial charge in [0.25, 0.3) is 0 Å². The minimum atomic E-state index is -0.453. The topological polar surface area (TPSA) is 56.1 Å². The molecule has 6 heteroatoms. The highest BCUT2D eigenvalue weighted by molar-refractivity contribution is 6.30. The summed E-state index contributed by atoms with van der Waals surface area (Å²) < 4.78 is 7.56. The molecule has 0 fully saturated rings. The molecule has 1 aromatic heterocycles. The lowest BCUT2D eigenvalue weighted by atomic mass is 10.1. The van der Waals surface area contributed by atoms with Gasteiger partial charge in [-0.2, -0.15) is 0 Å². The van der Waals surface area contributed by atoms with Crippen LogP contribution in [-0.4, -0.2) is 27.6 Å². The van der Waals surface area contributed by atoms with Gasteiger partial charge in [-0.1, -0.05) is 11.6 Å². The number of halogens is 1. The first-order chi connectivity index (χ1) is 10.4. The summed E-state index contributed by atoms with van der Waals surface area (Å²) in [5.41, 5.74) is -0.453. The Hall–Kier alpha value is -2.01. The number of hydrogen-bond acceptors (Lipinski definition) is 3. The number of nitrogens with one attached hydrogen (secondary N) is 1. The van der Waals surface area contributed by atoms with Gasteiger partial charge in [0.2, 0.25) is 5.91 Å². The first kappa shape index (κ1) is 16.4. The Bertz CT molecular complexity index is 594. The molecule has 5 nitrogen and oxygen atoms in total. The number of aromatic nitrogens is 2. The Kier molecular flexibility index (Phi) is 5.44. The van der Waals surface area contributed by atoms with Crippen molar-refractivity contribution in [2.75, 3.05) is 6.61 Å². The molecule has 0 bridgehead atoms. The zero-order valence-corrected chi connectivity index (χ0v) is 13.5. The molecule has 0 saturated heterocycles. The van der Waals surface area contributed by atoms with Crippen LogP contribution in [0.15, 0.2) is 43.0 Å². The fraction of sp³-hybridized carbons (Fsp3) is 0.375. The number of hydrogen-bond donors (Lipinski definition) is 1. The zero-order valence-electron chi connectivity index (χ0n) is 12.8. The molecular weight excluding hydrogens is 302 g/mol. The molecule has 1 N–H and O–H groups in total. The highest BCUT2D eigenvalue weighted by atomic mass is 35.5. The Morgan fingerprint density at radius 3 is 2.73 bits per heavy atom. The predicted octanol–water partition coefficient (Wildman–Crippen LogP) is 2.90. The molecule has 0 spiro atoms. The van der Waals surface area contributed by atoms with Crippen molar-refractivity contribution in [3.05, 3.63) is 48.0 Å². The second-order valence-corrected chi connectivity index (χ2v) is 6.16. The molecule has 0 aliphatic heterocycles. The Morgan fingerprint density at radius 2 is 2.09 bits per heavy atom. The third-order valence-electron chi connectivity index (χ3n) is 3.05. The van der Waals surface area contributed by atoms with Crippen molar-refractivity contribution in [2.45, 2.75) is 32.4 Å². The van der Waals surface area contributed by atoms with E-state index in [0.29, 0.717) is 24.6 Å². The third kappa shape index (κ3) is 5.41. The normalized spacial score (nSPS) is 11.2. The van der Waals surface area contributed by atoms with Crippen molar-refractivity contribution in [1.29, 1.82) is 0 Å². The number of imidazole rings is 1. The van der Waals surface area contributed by atoms with Gasteiger partial charge < -0.3 is 14.6 Å². The average molecular weight is 322 g/mol. The second kappa shape index (κ2) is 7.31. The summed E-state index contributed by atoms with van der Waals surface area (Å²) in [6, 6.07) is 7.15. The number of ether oxygens (including phenoxy) is 1. The van der Waals surface area contributed by atoms with Crippen molar-refractivity contribution in [3.63, 3.8) is 0 Å². The molecule has 2 rings (SSSR count). The van der Waals surface area contributed by atoms with E-state index in [0.717, 1.165) is 5.75 Å². The number of aryl methyl sites for hydroxylation is 1. The molecule has 2 aromatic rings. The summed E-state index contributed by atoms with van der Waals surface area (Å²) in [5.74, 6) is 0.712. The van der Waals surface area contributed by atoms with Crippen LogP contribution in [0.2, 0.25) is 5.02 Å². The van der Waals surface area contributed by atoms with Crippen molar-refractivity contribution in [3.8, 4) is 5.75 Å². The summed E-state index contributed by atoms with van der Waals surface area (Å²) >= 11 is 5.83. The Balaban J connectivity index is 1.77. The van der Waals surface area contributed by atoms with Gasteiger partial charge in [0.15, 0.2) is 0 Å². The molecule has 118 valence electrons. The van der Waals surface area contributed by atoms with Gasteiger partial charge in [-0.25, -0.2) is 4.98 Å². The van der Waals surface area contributed by atoms with Crippen LogP contribution in [0.4, 0.5) is 0 Å². The number of nitrogens with zero attached hydrogens (tertiary/aromatic N) is 2. The fourth-order valence-electron chi connectivity index (χ4n) is 1.92. The molecule has 0 saturated carbocycles. The number of benzene rings is 1. The van der Waals surface area contributed by atoms with E-state index < -0.39 is 5.54 Å². The lowest BCUT2D eigenvalue weighted by molar-refractivity contribution is -0.123. The molecule has 0 radical (unpaired) electrons. The maximum atomic E-state index is 12.0. The summed E-state index contributed by atoms with van der Waals surface area (Å²) in [5, 5.41) is 3.64. The lowest BCUT2D eigenvalue weighted by Gasteiger charge is -2.26. The highest BCUT2D eigenvalue weighted by Crippen LogP contribution is 2.17. The first-order valence-corrected chi connectivity index (χ1v) is 7.47. The van der Waals surface area contributed by atoms with Crippen LogP contribution in [0.1, 0.15) is 20.3 Å². The van der Waals surface area contributed by atoms with Gasteiger partial charge >= 0.3 is 0 Å². The monoisotopic (exact) mass is 321 g/mol. The SMILES string of the molecule is CC(C)(COc1ccc(Cl)cc1)NC(=O)CCn1ccnc1. The van der Waals surface area contributed by atoms with E-state index in [2.05, 4.69) is 10.3 Å². The van der Waals surface area contributed by atoms with E-state index in [-0.39, 0.29) is 5.91 Å². The van der Waals surface area contributed by atoms with Crippen molar-refractivity contribution in [2.24, 2.45) is 0 Å². The van der Waals surface area contributed by atoms with E-state index >= 15 is 0 Å². The van der Waals surface area contributed by atoms with E-state index in [9.17, 15) is 4.79 Å². The number of carbonyl (C=O) groups excluding carboxylic acids is 1. The van der Waals surface area contributed by atoms with Crippen LogP contribution < -0.4 is 10.1 Å². The van der Waals surface area contributed by atoms with Gasteiger partial charge in [-0.15, -0.1) is 0 Å². The minimum absolute atomic E-state index is 0.0154. The van der Waals surface area contributed by atoms with E-state index in [4.69, 9.17) is 16.3 Å². The minimum Gasteiger partial charge on any atom is -0.491 e. The van der Waals surface area contributed by atoms with Crippen LogP contribution in [0.3, 0.4) is 0 Å². The molecule has 0 aliphatic rings. The molecule has 0 atom stereocenters. The van der Waals surface area contributed by atoms with E-state index in [1.165, 1.54) is 0 Å². The third-order valence-corrected chi connectivity index (χ3v) is 3.30. The molecule has 1 aromatic carbocycles. The van der Waals surface area contributed by atoms with Crippen molar-refractivity contribution >= 4 is 17.5 Å². The van der Waals surface area contributed by atoms with Crippen LogP contribution in [0.25, 0.3) is 0 Å². The predicted molar refractivity (Wildman–Crippen MR) is 86.0 cm³/mol. The van der Waals surface area contributed by atoms with Crippen LogP contribution >= 0.6 is 11.6 Å². The summed E-state index contributed by atoms with van der Waals surface area (Å²) in [4.78, 5) is 15.9. The zero-order chi connectivity index (χ0) is 16.0. The highest BCUT2D eigenvalue weighted by Gasteiger charge is 2.21. The average Bonchev–Trinajstić information content (AvgIpc) is 2.97. The van der Waals surface area contributed by atoms with Gasteiger partial charge in [0.1, 0.15) is 12.4 Å². The molecule has 0 aliphatic carbocycles. The van der Waals surface area contributed by atoms with Gasteiger partial charge in [-0.3, -0.25) is 4.79 Å². The van der Waals surface area contributed by atoms with E-state index in [1.807, 2.05) is 24.6 Å². The number of amides is 1.